The molecular weight excluding hydrogens is 300 g/mol. The Labute approximate surface area is 122 Å². The fourth-order valence-electron chi connectivity index (χ4n) is 1.73. The number of halogens is 1. The molecular formula is C12H15ClN4O2S. The summed E-state index contributed by atoms with van der Waals surface area (Å²) in [6.45, 7) is 0.559. The van der Waals surface area contributed by atoms with Crippen molar-refractivity contribution < 1.29 is 8.42 Å². The molecule has 0 bridgehead atoms. The van der Waals surface area contributed by atoms with Gasteiger partial charge >= 0.3 is 0 Å². The van der Waals surface area contributed by atoms with Crippen LogP contribution in [-0.2, 0) is 23.6 Å². The van der Waals surface area contributed by atoms with Crippen LogP contribution in [0.5, 0.6) is 0 Å². The minimum absolute atomic E-state index is 0.0394. The van der Waals surface area contributed by atoms with Crippen molar-refractivity contribution in [1.29, 1.82) is 0 Å². The molecule has 2 N–H and O–H groups in total. The normalized spacial score (nSPS) is 11.6. The second-order valence-electron chi connectivity index (χ2n) is 4.28. The average molecular weight is 315 g/mol. The Morgan fingerprint density at radius 2 is 2.10 bits per heavy atom. The van der Waals surface area contributed by atoms with Crippen LogP contribution in [0.3, 0.4) is 0 Å². The zero-order chi connectivity index (χ0) is 14.8. The quantitative estimate of drug-likeness (QED) is 0.879. The van der Waals surface area contributed by atoms with Gasteiger partial charge in [0.2, 0.25) is 0 Å². The smallest absolute Gasteiger partial charge is 0.264 e. The maximum atomic E-state index is 12.3. The van der Waals surface area contributed by atoms with Gasteiger partial charge < -0.3 is 5.32 Å². The number of benzene rings is 1. The largest absolute Gasteiger partial charge is 0.316 e. The summed E-state index contributed by atoms with van der Waals surface area (Å²) >= 11 is 5.99. The molecule has 0 amide bonds. The zero-order valence-electron chi connectivity index (χ0n) is 11.1. The Kier molecular flexibility index (Phi) is 4.32. The van der Waals surface area contributed by atoms with Gasteiger partial charge in [-0.1, -0.05) is 17.7 Å². The first-order valence-electron chi connectivity index (χ1n) is 5.88. The van der Waals surface area contributed by atoms with Gasteiger partial charge in [0, 0.05) is 25.9 Å². The number of nitrogens with zero attached hydrogens (tertiary/aromatic N) is 2. The highest BCUT2D eigenvalue weighted by molar-refractivity contribution is 7.92. The monoisotopic (exact) mass is 314 g/mol. The van der Waals surface area contributed by atoms with Crippen molar-refractivity contribution in [2.45, 2.75) is 11.4 Å². The van der Waals surface area contributed by atoms with Gasteiger partial charge in [0.25, 0.3) is 10.0 Å². The van der Waals surface area contributed by atoms with Crippen molar-refractivity contribution in [3.8, 4) is 0 Å². The summed E-state index contributed by atoms with van der Waals surface area (Å²) < 4.78 is 28.6. The third-order valence-electron chi connectivity index (χ3n) is 2.62. The highest BCUT2D eigenvalue weighted by atomic mass is 35.5. The van der Waals surface area contributed by atoms with Crippen molar-refractivity contribution in [2.75, 3.05) is 11.8 Å². The summed E-state index contributed by atoms with van der Waals surface area (Å²) in [5, 5.41) is 7.12. The molecule has 2 aromatic rings. The first-order valence-corrected chi connectivity index (χ1v) is 7.74. The van der Waals surface area contributed by atoms with E-state index in [1.165, 1.54) is 4.68 Å². The summed E-state index contributed by atoms with van der Waals surface area (Å²) in [4.78, 5) is 0.0394. The van der Waals surface area contributed by atoms with E-state index in [0.717, 1.165) is 5.56 Å². The van der Waals surface area contributed by atoms with Gasteiger partial charge in [-0.2, -0.15) is 5.10 Å². The molecule has 1 aromatic carbocycles. The van der Waals surface area contributed by atoms with Crippen molar-refractivity contribution in [3.05, 3.63) is 41.0 Å². The minimum Gasteiger partial charge on any atom is -0.316 e. The molecule has 20 heavy (non-hydrogen) atoms. The maximum absolute atomic E-state index is 12.3. The number of hydrogen-bond donors (Lipinski definition) is 2. The summed E-state index contributed by atoms with van der Waals surface area (Å²) in [6.07, 6.45) is 1.65. The highest BCUT2D eigenvalue weighted by Gasteiger charge is 2.19. The van der Waals surface area contributed by atoms with Gasteiger partial charge in [0.15, 0.2) is 5.82 Å². The third kappa shape index (κ3) is 3.30. The Hall–Kier alpha value is -1.57. The summed E-state index contributed by atoms with van der Waals surface area (Å²) in [5.41, 5.74) is 0.832. The molecule has 8 heteroatoms. The van der Waals surface area contributed by atoms with Crippen LogP contribution in [0.4, 0.5) is 5.82 Å². The lowest BCUT2D eigenvalue weighted by molar-refractivity contribution is 0.600. The summed E-state index contributed by atoms with van der Waals surface area (Å²) in [5.74, 6) is 0.252. The molecule has 0 aliphatic rings. The van der Waals surface area contributed by atoms with Gasteiger partial charge in [-0.25, -0.2) is 8.42 Å². The van der Waals surface area contributed by atoms with Crippen molar-refractivity contribution >= 4 is 27.4 Å². The standard InChI is InChI=1S/C12H15ClN4O2S/c1-14-8-9-3-4-10(13)11(7-9)20(18,19)16-12-5-6-17(2)15-12/h3-7,14H,8H2,1-2H3,(H,15,16). The fourth-order valence-corrected chi connectivity index (χ4v) is 3.28. The van der Waals surface area contributed by atoms with Crippen LogP contribution in [-0.4, -0.2) is 25.2 Å². The average Bonchev–Trinajstić information content (AvgIpc) is 2.76. The molecule has 0 aliphatic heterocycles. The molecule has 0 spiro atoms. The van der Waals surface area contributed by atoms with E-state index in [0.29, 0.717) is 6.54 Å². The lowest BCUT2D eigenvalue weighted by atomic mass is 10.2. The molecule has 1 aromatic heterocycles. The van der Waals surface area contributed by atoms with Crippen molar-refractivity contribution in [1.82, 2.24) is 15.1 Å². The van der Waals surface area contributed by atoms with Crippen LogP contribution >= 0.6 is 11.6 Å². The minimum atomic E-state index is -3.76. The second-order valence-corrected chi connectivity index (χ2v) is 6.33. The molecule has 2 rings (SSSR count). The molecule has 0 atom stereocenters. The van der Waals surface area contributed by atoms with E-state index < -0.39 is 10.0 Å². The molecule has 0 radical (unpaired) electrons. The van der Waals surface area contributed by atoms with Crippen LogP contribution in [0, 0.1) is 0 Å². The number of anilines is 1. The van der Waals surface area contributed by atoms with Gasteiger partial charge in [0.05, 0.1) is 5.02 Å². The SMILES string of the molecule is CNCc1ccc(Cl)c(S(=O)(=O)Nc2ccn(C)n2)c1. The molecule has 0 aliphatic carbocycles. The number of aryl methyl sites for hydroxylation is 1. The molecule has 108 valence electrons. The lowest BCUT2D eigenvalue weighted by Crippen LogP contribution is -2.15. The molecule has 0 fully saturated rings. The van der Waals surface area contributed by atoms with E-state index in [4.69, 9.17) is 11.6 Å². The Morgan fingerprint density at radius 1 is 1.35 bits per heavy atom. The number of sulfonamides is 1. The van der Waals surface area contributed by atoms with Crippen LogP contribution in [0.2, 0.25) is 5.02 Å². The zero-order valence-corrected chi connectivity index (χ0v) is 12.7. The Bertz CT molecular complexity index is 712. The Balaban J connectivity index is 2.35. The number of hydrogen-bond acceptors (Lipinski definition) is 4. The van der Waals surface area contributed by atoms with Gasteiger partial charge in [0.1, 0.15) is 4.90 Å². The highest BCUT2D eigenvalue weighted by Crippen LogP contribution is 2.24. The first kappa shape index (κ1) is 14.8. The third-order valence-corrected chi connectivity index (χ3v) is 4.45. The van der Waals surface area contributed by atoms with Gasteiger partial charge in [-0.05, 0) is 24.7 Å². The second kappa shape index (κ2) is 5.82. The number of aromatic nitrogens is 2. The van der Waals surface area contributed by atoms with Gasteiger partial charge in [-0.3, -0.25) is 9.40 Å². The van der Waals surface area contributed by atoms with E-state index in [1.54, 1.807) is 44.6 Å². The van der Waals surface area contributed by atoms with E-state index in [2.05, 4.69) is 15.1 Å². The molecule has 0 unspecified atom stereocenters. The number of rotatable bonds is 5. The predicted octanol–water partition coefficient (Wildman–Crippen LogP) is 1.59. The van der Waals surface area contributed by atoms with Crippen LogP contribution in [0.1, 0.15) is 5.56 Å². The Morgan fingerprint density at radius 3 is 2.70 bits per heavy atom. The predicted molar refractivity (Wildman–Crippen MR) is 78.2 cm³/mol. The van der Waals surface area contributed by atoms with Crippen molar-refractivity contribution in [2.24, 2.45) is 7.05 Å². The van der Waals surface area contributed by atoms with E-state index >= 15 is 0 Å². The fraction of sp³-hybridized carbons (Fsp3) is 0.250. The topological polar surface area (TPSA) is 76.0 Å². The van der Waals surface area contributed by atoms with E-state index in [9.17, 15) is 8.42 Å². The van der Waals surface area contributed by atoms with Gasteiger partial charge in [-0.15, -0.1) is 0 Å². The summed E-state index contributed by atoms with van der Waals surface area (Å²) in [6, 6.07) is 6.47. The molecule has 6 nitrogen and oxygen atoms in total. The first-order chi connectivity index (χ1) is 9.42. The van der Waals surface area contributed by atoms with E-state index in [1.807, 2.05) is 0 Å². The van der Waals surface area contributed by atoms with E-state index in [-0.39, 0.29) is 15.7 Å². The van der Waals surface area contributed by atoms with Crippen LogP contribution < -0.4 is 10.0 Å². The molecule has 0 saturated heterocycles. The maximum Gasteiger partial charge on any atom is 0.264 e. The molecule has 0 saturated carbocycles. The molecule has 1 heterocycles. The van der Waals surface area contributed by atoms with Crippen molar-refractivity contribution in [3.63, 3.8) is 0 Å². The van der Waals surface area contributed by atoms with Crippen LogP contribution in [0.15, 0.2) is 35.4 Å². The lowest BCUT2D eigenvalue weighted by Gasteiger charge is -2.09. The van der Waals surface area contributed by atoms with Crippen LogP contribution in [0.25, 0.3) is 0 Å². The summed E-state index contributed by atoms with van der Waals surface area (Å²) in [7, 11) is -0.264. The number of nitrogens with one attached hydrogen (secondary N) is 2.